The maximum Gasteiger partial charge on any atom is 0.256 e. The summed E-state index contributed by atoms with van der Waals surface area (Å²) in [5.74, 6) is 0.250. The number of nitrogens with zero attached hydrogens (tertiary/aromatic N) is 1. The summed E-state index contributed by atoms with van der Waals surface area (Å²) >= 11 is 5.89. The lowest BCUT2D eigenvalue weighted by molar-refractivity contribution is 0.102. The molecular formula is C19H16ClN3O. The van der Waals surface area contributed by atoms with Crippen molar-refractivity contribution < 1.29 is 4.79 Å². The fraction of sp³-hybridized carbons (Fsp3) is 0.0526. The average Bonchev–Trinajstić information content (AvgIpc) is 2.62. The summed E-state index contributed by atoms with van der Waals surface area (Å²) in [7, 11) is 0. The number of aromatic nitrogens is 1. The monoisotopic (exact) mass is 337 g/mol. The topological polar surface area (TPSA) is 54.0 Å². The zero-order chi connectivity index (χ0) is 16.8. The van der Waals surface area contributed by atoms with Gasteiger partial charge in [-0.3, -0.25) is 4.79 Å². The van der Waals surface area contributed by atoms with Gasteiger partial charge >= 0.3 is 0 Å². The highest BCUT2D eigenvalue weighted by molar-refractivity contribution is 6.31. The smallest absolute Gasteiger partial charge is 0.256 e. The molecule has 5 heteroatoms. The van der Waals surface area contributed by atoms with E-state index in [1.54, 1.807) is 36.5 Å². The highest BCUT2D eigenvalue weighted by Gasteiger charge is 2.07. The lowest BCUT2D eigenvalue weighted by Gasteiger charge is -2.08. The van der Waals surface area contributed by atoms with Crippen LogP contribution in [0.4, 0.5) is 11.5 Å². The van der Waals surface area contributed by atoms with E-state index in [2.05, 4.69) is 27.8 Å². The van der Waals surface area contributed by atoms with Gasteiger partial charge in [0.2, 0.25) is 0 Å². The van der Waals surface area contributed by atoms with Gasteiger partial charge in [0.25, 0.3) is 5.91 Å². The fourth-order valence-electron chi connectivity index (χ4n) is 2.19. The normalized spacial score (nSPS) is 10.2. The lowest BCUT2D eigenvalue weighted by atomic mass is 10.2. The standard InChI is InChI=1S/C19H16ClN3O/c20-16-8-4-7-15(11-16)19(24)23-18-10-9-17(13-22-18)21-12-14-5-2-1-3-6-14/h1-11,13,21H,12H2,(H,22,23,24). The van der Waals surface area contributed by atoms with Crippen LogP contribution in [0.1, 0.15) is 15.9 Å². The van der Waals surface area contributed by atoms with Crippen LogP contribution >= 0.6 is 11.6 Å². The molecule has 0 spiro atoms. The number of nitrogens with one attached hydrogen (secondary N) is 2. The number of anilines is 2. The van der Waals surface area contributed by atoms with E-state index in [1.807, 2.05) is 24.3 Å². The van der Waals surface area contributed by atoms with Crippen molar-refractivity contribution in [1.82, 2.24) is 4.98 Å². The van der Waals surface area contributed by atoms with Crippen LogP contribution in [0.2, 0.25) is 5.02 Å². The van der Waals surface area contributed by atoms with E-state index in [4.69, 9.17) is 11.6 Å². The number of carbonyl (C=O) groups excluding carboxylic acids is 1. The molecule has 3 rings (SSSR count). The summed E-state index contributed by atoms with van der Waals surface area (Å²) in [5, 5.41) is 6.56. The molecule has 1 aromatic heterocycles. The maximum absolute atomic E-state index is 12.1. The molecule has 1 heterocycles. The number of carbonyl (C=O) groups is 1. The molecule has 24 heavy (non-hydrogen) atoms. The Balaban J connectivity index is 1.59. The maximum atomic E-state index is 12.1. The molecule has 0 atom stereocenters. The Kier molecular flexibility index (Phi) is 5.08. The highest BCUT2D eigenvalue weighted by atomic mass is 35.5. The third kappa shape index (κ3) is 4.33. The van der Waals surface area contributed by atoms with Crippen molar-refractivity contribution in [3.8, 4) is 0 Å². The predicted octanol–water partition coefficient (Wildman–Crippen LogP) is 4.60. The molecule has 0 radical (unpaired) electrons. The van der Waals surface area contributed by atoms with Gasteiger partial charge in [0.05, 0.1) is 11.9 Å². The van der Waals surface area contributed by atoms with Gasteiger partial charge in [0, 0.05) is 17.1 Å². The number of hydrogen-bond acceptors (Lipinski definition) is 3. The summed E-state index contributed by atoms with van der Waals surface area (Å²) in [6, 6.07) is 20.5. The van der Waals surface area contributed by atoms with E-state index >= 15 is 0 Å². The number of pyridine rings is 1. The van der Waals surface area contributed by atoms with Gasteiger partial charge in [-0.15, -0.1) is 0 Å². The number of benzene rings is 2. The second-order valence-electron chi connectivity index (χ2n) is 5.24. The van der Waals surface area contributed by atoms with Crippen molar-refractivity contribution >= 4 is 29.0 Å². The van der Waals surface area contributed by atoms with Crippen LogP contribution in [0.5, 0.6) is 0 Å². The first kappa shape index (κ1) is 16.0. The second kappa shape index (κ2) is 7.62. The molecule has 0 unspecified atom stereocenters. The molecule has 0 saturated heterocycles. The van der Waals surface area contributed by atoms with E-state index < -0.39 is 0 Å². The van der Waals surface area contributed by atoms with E-state index in [0.717, 1.165) is 12.2 Å². The van der Waals surface area contributed by atoms with Gasteiger partial charge in [-0.25, -0.2) is 4.98 Å². The van der Waals surface area contributed by atoms with E-state index in [9.17, 15) is 4.79 Å². The first-order valence-corrected chi connectivity index (χ1v) is 7.89. The summed E-state index contributed by atoms with van der Waals surface area (Å²) < 4.78 is 0. The first-order valence-electron chi connectivity index (χ1n) is 7.51. The number of amides is 1. The molecule has 0 bridgehead atoms. The Bertz CT molecular complexity index is 820. The Morgan fingerprint density at radius 3 is 2.54 bits per heavy atom. The molecule has 4 nitrogen and oxygen atoms in total. The number of halogens is 1. The molecule has 0 aliphatic rings. The van der Waals surface area contributed by atoms with Crippen molar-refractivity contribution in [2.45, 2.75) is 6.54 Å². The Morgan fingerprint density at radius 2 is 1.83 bits per heavy atom. The minimum atomic E-state index is -0.241. The number of rotatable bonds is 5. The molecular weight excluding hydrogens is 322 g/mol. The average molecular weight is 338 g/mol. The Labute approximate surface area is 145 Å². The van der Waals surface area contributed by atoms with Crippen molar-refractivity contribution in [2.75, 3.05) is 10.6 Å². The SMILES string of the molecule is O=C(Nc1ccc(NCc2ccccc2)cn1)c1cccc(Cl)c1. The van der Waals surface area contributed by atoms with E-state index in [0.29, 0.717) is 16.4 Å². The molecule has 0 saturated carbocycles. The largest absolute Gasteiger partial charge is 0.380 e. The predicted molar refractivity (Wildman–Crippen MR) is 97.4 cm³/mol. The summed E-state index contributed by atoms with van der Waals surface area (Å²) in [6.07, 6.45) is 1.69. The fourth-order valence-corrected chi connectivity index (χ4v) is 2.38. The molecule has 2 N–H and O–H groups in total. The quantitative estimate of drug-likeness (QED) is 0.715. The van der Waals surface area contributed by atoms with Crippen molar-refractivity contribution in [3.05, 3.63) is 89.1 Å². The Morgan fingerprint density at radius 1 is 1.00 bits per heavy atom. The van der Waals surface area contributed by atoms with Gasteiger partial charge in [-0.1, -0.05) is 48.0 Å². The van der Waals surface area contributed by atoms with Crippen LogP contribution in [0, 0.1) is 0 Å². The van der Waals surface area contributed by atoms with Crippen LogP contribution in [0.15, 0.2) is 72.9 Å². The molecule has 1 amide bonds. The number of hydrogen-bond donors (Lipinski definition) is 2. The highest BCUT2D eigenvalue weighted by Crippen LogP contribution is 2.14. The summed E-state index contributed by atoms with van der Waals surface area (Å²) in [6.45, 7) is 0.719. The first-order chi connectivity index (χ1) is 11.7. The second-order valence-corrected chi connectivity index (χ2v) is 5.67. The molecule has 0 aliphatic carbocycles. The zero-order valence-electron chi connectivity index (χ0n) is 12.9. The summed E-state index contributed by atoms with van der Waals surface area (Å²) in [4.78, 5) is 16.4. The van der Waals surface area contributed by atoms with E-state index in [-0.39, 0.29) is 5.91 Å². The molecule has 2 aromatic carbocycles. The minimum Gasteiger partial charge on any atom is -0.380 e. The molecule has 120 valence electrons. The third-order valence-electron chi connectivity index (χ3n) is 3.43. The van der Waals surface area contributed by atoms with Crippen LogP contribution < -0.4 is 10.6 Å². The van der Waals surface area contributed by atoms with E-state index in [1.165, 1.54) is 5.56 Å². The van der Waals surface area contributed by atoms with Gasteiger partial charge in [-0.05, 0) is 35.9 Å². The van der Waals surface area contributed by atoms with Crippen LogP contribution in [-0.2, 0) is 6.54 Å². The Hall–Kier alpha value is -2.85. The van der Waals surface area contributed by atoms with Crippen molar-refractivity contribution in [3.63, 3.8) is 0 Å². The van der Waals surface area contributed by atoms with Crippen molar-refractivity contribution in [2.24, 2.45) is 0 Å². The van der Waals surface area contributed by atoms with Crippen LogP contribution in [0.3, 0.4) is 0 Å². The lowest BCUT2D eigenvalue weighted by Crippen LogP contribution is -2.12. The van der Waals surface area contributed by atoms with Crippen molar-refractivity contribution in [1.29, 1.82) is 0 Å². The molecule has 3 aromatic rings. The zero-order valence-corrected chi connectivity index (χ0v) is 13.6. The van der Waals surface area contributed by atoms with Gasteiger partial charge < -0.3 is 10.6 Å². The molecule has 0 aliphatic heterocycles. The third-order valence-corrected chi connectivity index (χ3v) is 3.67. The van der Waals surface area contributed by atoms with Crippen LogP contribution in [0.25, 0.3) is 0 Å². The minimum absolute atomic E-state index is 0.241. The van der Waals surface area contributed by atoms with Gasteiger partial charge in [0.15, 0.2) is 0 Å². The van der Waals surface area contributed by atoms with Gasteiger partial charge in [-0.2, -0.15) is 0 Å². The summed E-state index contributed by atoms with van der Waals surface area (Å²) in [5.41, 5.74) is 2.58. The van der Waals surface area contributed by atoms with Crippen LogP contribution in [-0.4, -0.2) is 10.9 Å². The molecule has 0 fully saturated rings. The van der Waals surface area contributed by atoms with Gasteiger partial charge in [0.1, 0.15) is 5.82 Å².